The van der Waals surface area contributed by atoms with E-state index in [0.29, 0.717) is 22.8 Å². The predicted octanol–water partition coefficient (Wildman–Crippen LogP) is 3.80. The van der Waals surface area contributed by atoms with Gasteiger partial charge in [-0.05, 0) is 32.4 Å². The van der Waals surface area contributed by atoms with Crippen molar-refractivity contribution in [3.63, 3.8) is 0 Å². The van der Waals surface area contributed by atoms with Crippen LogP contribution in [0.2, 0.25) is 0 Å². The van der Waals surface area contributed by atoms with Gasteiger partial charge in [-0.1, -0.05) is 30.3 Å². The summed E-state index contributed by atoms with van der Waals surface area (Å²) in [6.45, 7) is 5.38. The minimum Gasteiger partial charge on any atom is -0.493 e. The van der Waals surface area contributed by atoms with Gasteiger partial charge in [-0.15, -0.1) is 0 Å². The molecule has 1 atom stereocenters. The molecule has 0 saturated heterocycles. The van der Waals surface area contributed by atoms with Crippen LogP contribution in [0, 0.1) is 0 Å². The molecule has 1 amide bonds. The normalized spacial score (nSPS) is 11.9. The van der Waals surface area contributed by atoms with Crippen molar-refractivity contribution < 1.29 is 33.6 Å². The van der Waals surface area contributed by atoms with Crippen molar-refractivity contribution in [1.82, 2.24) is 5.32 Å². The number of hydrogen-bond donors (Lipinski definition) is 2. The standard InChI is InChI=1S/C23H29NO7/c1-23(2,3)31-22(27)24-17(21(25)26)11-16-12-19(28-4)20(29-5)13-18(16)30-14-15-9-7-6-8-10-15/h6-10,12-13,17H,11,14H2,1-5H3,(H,24,27)(H,25,26). The first kappa shape index (κ1) is 23.9. The molecule has 2 N–H and O–H groups in total. The molecule has 2 aromatic carbocycles. The van der Waals surface area contributed by atoms with Gasteiger partial charge in [0.1, 0.15) is 24.0 Å². The van der Waals surface area contributed by atoms with Crippen LogP contribution >= 0.6 is 0 Å². The van der Waals surface area contributed by atoms with E-state index in [0.717, 1.165) is 5.56 Å². The fourth-order valence-electron chi connectivity index (χ4n) is 2.80. The number of rotatable bonds is 9. The number of aliphatic carboxylic acids is 1. The van der Waals surface area contributed by atoms with Crippen molar-refractivity contribution in [3.8, 4) is 17.2 Å². The highest BCUT2D eigenvalue weighted by atomic mass is 16.6. The number of carboxylic acid groups (broad SMARTS) is 1. The minimum absolute atomic E-state index is 0.0426. The van der Waals surface area contributed by atoms with Gasteiger partial charge in [-0.25, -0.2) is 9.59 Å². The second kappa shape index (κ2) is 10.6. The van der Waals surface area contributed by atoms with E-state index in [1.54, 1.807) is 32.9 Å². The quantitative estimate of drug-likeness (QED) is 0.622. The fourth-order valence-corrected chi connectivity index (χ4v) is 2.80. The van der Waals surface area contributed by atoms with E-state index in [1.807, 2.05) is 30.3 Å². The minimum atomic E-state index is -1.23. The summed E-state index contributed by atoms with van der Waals surface area (Å²) in [5.41, 5.74) is 0.738. The number of nitrogens with one attached hydrogen (secondary N) is 1. The molecule has 0 fully saturated rings. The molecule has 168 valence electrons. The first-order chi connectivity index (χ1) is 14.6. The van der Waals surface area contributed by atoms with Crippen molar-refractivity contribution in [3.05, 3.63) is 53.6 Å². The molecule has 2 aromatic rings. The lowest BCUT2D eigenvalue weighted by atomic mass is 10.0. The lowest BCUT2D eigenvalue weighted by Crippen LogP contribution is -2.44. The molecule has 0 radical (unpaired) electrons. The zero-order valence-electron chi connectivity index (χ0n) is 18.4. The van der Waals surface area contributed by atoms with Crippen molar-refractivity contribution >= 4 is 12.1 Å². The summed E-state index contributed by atoms with van der Waals surface area (Å²) < 4.78 is 21.8. The lowest BCUT2D eigenvalue weighted by molar-refractivity contribution is -0.139. The van der Waals surface area contributed by atoms with Gasteiger partial charge >= 0.3 is 12.1 Å². The first-order valence-corrected chi connectivity index (χ1v) is 9.77. The van der Waals surface area contributed by atoms with E-state index < -0.39 is 23.7 Å². The largest absolute Gasteiger partial charge is 0.493 e. The number of carboxylic acids is 1. The third-order valence-electron chi connectivity index (χ3n) is 4.22. The van der Waals surface area contributed by atoms with Crippen LogP contribution < -0.4 is 19.5 Å². The Morgan fingerprint density at radius 1 is 1.00 bits per heavy atom. The van der Waals surface area contributed by atoms with Gasteiger partial charge in [0, 0.05) is 18.1 Å². The van der Waals surface area contributed by atoms with Crippen molar-refractivity contribution in [1.29, 1.82) is 0 Å². The van der Waals surface area contributed by atoms with Gasteiger partial charge < -0.3 is 29.4 Å². The van der Waals surface area contributed by atoms with E-state index in [2.05, 4.69) is 5.32 Å². The molecule has 0 heterocycles. The maximum atomic E-state index is 12.1. The Labute approximate surface area is 182 Å². The molecule has 0 bridgehead atoms. The molecule has 8 heteroatoms. The van der Waals surface area contributed by atoms with Gasteiger partial charge in [0.25, 0.3) is 0 Å². The maximum absolute atomic E-state index is 12.1. The van der Waals surface area contributed by atoms with Crippen LogP contribution in [0.15, 0.2) is 42.5 Å². The molecule has 8 nitrogen and oxygen atoms in total. The highest BCUT2D eigenvalue weighted by Crippen LogP contribution is 2.35. The summed E-state index contributed by atoms with van der Waals surface area (Å²) in [6.07, 6.45) is -0.855. The molecule has 0 spiro atoms. The first-order valence-electron chi connectivity index (χ1n) is 9.77. The second-order valence-corrected chi connectivity index (χ2v) is 7.83. The Morgan fingerprint density at radius 2 is 1.61 bits per heavy atom. The van der Waals surface area contributed by atoms with Gasteiger partial charge in [-0.3, -0.25) is 0 Å². The Bertz CT molecular complexity index is 891. The average molecular weight is 431 g/mol. The van der Waals surface area contributed by atoms with Crippen LogP contribution in [0.3, 0.4) is 0 Å². The summed E-state index contributed by atoms with van der Waals surface area (Å²) >= 11 is 0. The van der Waals surface area contributed by atoms with Crippen LogP contribution in [-0.4, -0.2) is 43.0 Å². The number of ether oxygens (including phenoxy) is 4. The van der Waals surface area contributed by atoms with Crippen molar-refractivity contribution in [2.24, 2.45) is 0 Å². The summed E-state index contributed by atoms with van der Waals surface area (Å²) in [4.78, 5) is 23.9. The van der Waals surface area contributed by atoms with Gasteiger partial charge in [-0.2, -0.15) is 0 Å². The molecule has 1 unspecified atom stereocenters. The smallest absolute Gasteiger partial charge is 0.408 e. The fraction of sp³-hybridized carbons (Fsp3) is 0.391. The van der Waals surface area contributed by atoms with Gasteiger partial charge in [0.05, 0.1) is 14.2 Å². The molecule has 31 heavy (non-hydrogen) atoms. The third kappa shape index (κ3) is 7.40. The van der Waals surface area contributed by atoms with E-state index >= 15 is 0 Å². The van der Waals surface area contributed by atoms with Gasteiger partial charge in [0.15, 0.2) is 11.5 Å². The highest BCUT2D eigenvalue weighted by molar-refractivity contribution is 5.80. The highest BCUT2D eigenvalue weighted by Gasteiger charge is 2.26. The molecule has 0 aliphatic carbocycles. The Kier molecular flexibility index (Phi) is 8.13. The van der Waals surface area contributed by atoms with E-state index in [9.17, 15) is 14.7 Å². The monoisotopic (exact) mass is 431 g/mol. The molecule has 0 saturated carbocycles. The summed E-state index contributed by atoms with van der Waals surface area (Å²) in [5.74, 6) is 0.0978. The number of benzene rings is 2. The molecule has 2 rings (SSSR count). The molecular formula is C23H29NO7. The zero-order chi connectivity index (χ0) is 23.0. The number of carbonyl (C=O) groups is 2. The van der Waals surface area contributed by atoms with E-state index in [-0.39, 0.29) is 13.0 Å². The van der Waals surface area contributed by atoms with Crippen LogP contribution in [0.1, 0.15) is 31.9 Å². The van der Waals surface area contributed by atoms with Crippen molar-refractivity contribution in [2.45, 2.75) is 45.4 Å². The summed E-state index contributed by atoms with van der Waals surface area (Å²) in [7, 11) is 2.99. The summed E-state index contributed by atoms with van der Waals surface area (Å²) in [6, 6.07) is 11.6. The SMILES string of the molecule is COc1cc(CC(NC(=O)OC(C)(C)C)C(=O)O)c(OCc2ccccc2)cc1OC. The van der Waals surface area contributed by atoms with E-state index in [4.69, 9.17) is 18.9 Å². The van der Waals surface area contributed by atoms with Crippen molar-refractivity contribution in [2.75, 3.05) is 14.2 Å². The summed E-state index contributed by atoms with van der Waals surface area (Å²) in [5, 5.41) is 12.0. The number of alkyl carbamates (subject to hydrolysis) is 1. The van der Waals surface area contributed by atoms with Crippen LogP contribution in [0.4, 0.5) is 4.79 Å². The van der Waals surface area contributed by atoms with Crippen LogP contribution in [0.5, 0.6) is 17.2 Å². The average Bonchev–Trinajstić information content (AvgIpc) is 2.71. The predicted molar refractivity (Wildman–Crippen MR) is 115 cm³/mol. The molecule has 0 aliphatic heterocycles. The number of methoxy groups -OCH3 is 2. The molecule has 0 aromatic heterocycles. The maximum Gasteiger partial charge on any atom is 0.408 e. The van der Waals surface area contributed by atoms with Gasteiger partial charge in [0.2, 0.25) is 0 Å². The molecule has 0 aliphatic rings. The Hall–Kier alpha value is -3.42. The lowest BCUT2D eigenvalue weighted by Gasteiger charge is -2.23. The molecular weight excluding hydrogens is 402 g/mol. The Morgan fingerprint density at radius 3 is 2.16 bits per heavy atom. The zero-order valence-corrected chi connectivity index (χ0v) is 18.4. The number of carbonyl (C=O) groups excluding carboxylic acids is 1. The Balaban J connectivity index is 2.29. The topological polar surface area (TPSA) is 103 Å². The number of amides is 1. The van der Waals surface area contributed by atoms with E-state index in [1.165, 1.54) is 14.2 Å². The van der Waals surface area contributed by atoms with Crippen LogP contribution in [0.25, 0.3) is 0 Å². The second-order valence-electron chi connectivity index (χ2n) is 7.83. The number of hydrogen-bond acceptors (Lipinski definition) is 6. The van der Waals surface area contributed by atoms with Crippen LogP contribution in [-0.2, 0) is 22.6 Å². The third-order valence-corrected chi connectivity index (χ3v) is 4.22.